The van der Waals surface area contributed by atoms with Crippen molar-refractivity contribution in [2.75, 3.05) is 5.32 Å². The molecule has 0 atom stereocenters. The molecule has 0 saturated carbocycles. The Hall–Kier alpha value is -3.64. The molecule has 3 aromatic rings. The number of benzene rings is 2. The first-order chi connectivity index (χ1) is 15.9. The minimum absolute atomic E-state index is 0.0224. The minimum Gasteiger partial charge on any atom is -0.504 e. The van der Waals surface area contributed by atoms with Gasteiger partial charge in [-0.3, -0.25) is 10.1 Å². The molecule has 0 amide bonds. The zero-order valence-electron chi connectivity index (χ0n) is 17.6. The van der Waals surface area contributed by atoms with Gasteiger partial charge in [0.1, 0.15) is 5.69 Å². The highest BCUT2D eigenvalue weighted by Crippen LogP contribution is 2.35. The predicted octanol–water partition coefficient (Wildman–Crippen LogP) is 4.87. The smallest absolute Gasteiger partial charge is 0.416 e. The van der Waals surface area contributed by atoms with Crippen molar-refractivity contribution in [2.45, 2.75) is 13.1 Å². The second-order valence-electron chi connectivity index (χ2n) is 7.01. The topological polar surface area (TPSA) is 112 Å². The number of nitrogens with zero attached hydrogens (tertiary/aromatic N) is 3. The minimum atomic E-state index is -4.47. The van der Waals surface area contributed by atoms with Crippen molar-refractivity contribution in [3.05, 3.63) is 64.3 Å². The summed E-state index contributed by atoms with van der Waals surface area (Å²) in [5, 5.41) is 30.8. The van der Waals surface area contributed by atoms with Crippen LogP contribution in [0.2, 0.25) is 5.02 Å². The van der Waals surface area contributed by atoms with Gasteiger partial charge in [0.2, 0.25) is 0 Å². The third-order valence-electron chi connectivity index (χ3n) is 4.63. The number of alkyl halides is 3. The fraction of sp³-hybridized carbons (Fsp3) is 0.143. The molecule has 0 radical (unpaired) electrons. The maximum Gasteiger partial charge on any atom is 0.416 e. The van der Waals surface area contributed by atoms with Crippen molar-refractivity contribution in [3.8, 4) is 17.0 Å². The zero-order chi connectivity index (χ0) is 25.2. The highest BCUT2D eigenvalue weighted by atomic mass is 35.5. The van der Waals surface area contributed by atoms with Crippen LogP contribution in [-0.2, 0) is 13.2 Å². The molecule has 2 aromatic carbocycles. The van der Waals surface area contributed by atoms with Gasteiger partial charge in [-0.1, -0.05) is 23.7 Å². The number of thiocarbonyl (C=S) groups is 1. The molecule has 178 valence electrons. The lowest BCUT2D eigenvalue weighted by atomic mass is 10.1. The van der Waals surface area contributed by atoms with Crippen molar-refractivity contribution in [2.24, 2.45) is 12.1 Å². The van der Waals surface area contributed by atoms with Crippen LogP contribution in [0.15, 0.2) is 47.6 Å². The number of aromatic hydroxyl groups is 1. The van der Waals surface area contributed by atoms with Gasteiger partial charge in [0, 0.05) is 18.3 Å². The Morgan fingerprint density at radius 3 is 2.41 bits per heavy atom. The fourth-order valence-electron chi connectivity index (χ4n) is 3.01. The van der Waals surface area contributed by atoms with E-state index in [0.717, 1.165) is 12.1 Å². The Kier molecular flexibility index (Phi) is 7.12. The first-order valence-electron chi connectivity index (χ1n) is 9.46. The van der Waals surface area contributed by atoms with Gasteiger partial charge in [-0.25, -0.2) is 4.79 Å². The van der Waals surface area contributed by atoms with E-state index in [2.05, 4.69) is 20.9 Å². The molecule has 0 aliphatic heterocycles. The van der Waals surface area contributed by atoms with Gasteiger partial charge in [-0.2, -0.15) is 23.4 Å². The largest absolute Gasteiger partial charge is 0.504 e. The molecular weight excluding hydrogens is 495 g/mol. The van der Waals surface area contributed by atoms with Gasteiger partial charge >= 0.3 is 12.1 Å². The van der Waals surface area contributed by atoms with Gasteiger partial charge in [-0.05, 0) is 49.5 Å². The van der Waals surface area contributed by atoms with E-state index in [-0.39, 0.29) is 38.5 Å². The Morgan fingerprint density at radius 2 is 1.85 bits per heavy atom. The van der Waals surface area contributed by atoms with E-state index in [0.29, 0.717) is 11.3 Å². The first-order valence-corrected chi connectivity index (χ1v) is 10.2. The summed E-state index contributed by atoms with van der Waals surface area (Å²) >= 11 is 11.1. The predicted molar refractivity (Wildman–Crippen MR) is 125 cm³/mol. The number of carboxylic acids is 1. The molecule has 0 saturated heterocycles. The van der Waals surface area contributed by atoms with E-state index in [1.807, 2.05) is 0 Å². The summed E-state index contributed by atoms with van der Waals surface area (Å²) in [4.78, 5) is 11.0. The summed E-state index contributed by atoms with van der Waals surface area (Å²) in [7, 11) is 1.54. The summed E-state index contributed by atoms with van der Waals surface area (Å²) in [5.74, 6) is -1.43. The lowest BCUT2D eigenvalue weighted by Gasteiger charge is -2.09. The Bertz CT molecular complexity index is 1290. The van der Waals surface area contributed by atoms with Crippen LogP contribution in [0, 0.1) is 0 Å². The number of carbonyl (C=O) groups is 1. The van der Waals surface area contributed by atoms with Gasteiger partial charge in [0.25, 0.3) is 0 Å². The maximum atomic E-state index is 12.8. The molecule has 0 aliphatic carbocycles. The normalized spacial score (nSPS) is 11.9. The number of hydrogen-bond acceptors (Lipinski definition) is 5. The van der Waals surface area contributed by atoms with Crippen molar-refractivity contribution < 1.29 is 28.2 Å². The lowest BCUT2D eigenvalue weighted by Crippen LogP contribution is -2.25. The van der Waals surface area contributed by atoms with Crippen LogP contribution in [0.5, 0.6) is 5.75 Å². The van der Waals surface area contributed by atoms with E-state index in [1.54, 1.807) is 6.92 Å². The first kappa shape index (κ1) is 25.0. The van der Waals surface area contributed by atoms with Crippen LogP contribution in [0.1, 0.15) is 28.5 Å². The molecule has 0 bridgehead atoms. The molecule has 0 fully saturated rings. The summed E-state index contributed by atoms with van der Waals surface area (Å²) < 4.78 is 39.8. The molecule has 0 aliphatic rings. The standard InChI is InChI=1S/C21H17ClF3N5O3S/c1-10(27-28-20(34)26-13-7-8-14(19(32)33)15(22)9-13)16-18(31)17(30(2)29-16)11-3-5-12(6-4-11)21(23,24)25/h3-9,31H,1-2H3,(H,32,33)(H2,26,28,34). The Balaban J connectivity index is 1.75. The number of hydrazone groups is 1. The highest BCUT2D eigenvalue weighted by molar-refractivity contribution is 7.80. The lowest BCUT2D eigenvalue weighted by molar-refractivity contribution is -0.137. The highest BCUT2D eigenvalue weighted by Gasteiger charge is 2.30. The van der Waals surface area contributed by atoms with E-state index in [9.17, 15) is 23.1 Å². The molecule has 3 rings (SSSR count). The molecule has 1 aromatic heterocycles. The molecule has 8 nitrogen and oxygen atoms in total. The van der Waals surface area contributed by atoms with Crippen molar-refractivity contribution in [1.82, 2.24) is 15.2 Å². The molecule has 0 unspecified atom stereocenters. The molecule has 1 heterocycles. The fourth-order valence-corrected chi connectivity index (χ4v) is 3.43. The number of aryl methyl sites for hydroxylation is 1. The van der Waals surface area contributed by atoms with Gasteiger partial charge in [0.05, 0.1) is 21.9 Å². The van der Waals surface area contributed by atoms with Gasteiger partial charge in [0.15, 0.2) is 16.6 Å². The van der Waals surface area contributed by atoms with Gasteiger partial charge in [-0.15, -0.1) is 0 Å². The summed E-state index contributed by atoms with van der Waals surface area (Å²) in [6.45, 7) is 1.55. The van der Waals surface area contributed by atoms with E-state index in [1.165, 1.54) is 42.1 Å². The summed E-state index contributed by atoms with van der Waals surface area (Å²) in [6, 6.07) is 8.50. The molecule has 0 spiro atoms. The number of aromatic nitrogens is 2. The average molecular weight is 512 g/mol. The zero-order valence-corrected chi connectivity index (χ0v) is 19.2. The van der Waals surface area contributed by atoms with Crippen LogP contribution in [0.3, 0.4) is 0 Å². The second-order valence-corrected chi connectivity index (χ2v) is 7.82. The monoisotopic (exact) mass is 511 g/mol. The number of halogens is 4. The van der Waals surface area contributed by atoms with E-state index < -0.39 is 17.7 Å². The quantitative estimate of drug-likeness (QED) is 0.219. The van der Waals surface area contributed by atoms with E-state index in [4.69, 9.17) is 28.9 Å². The Morgan fingerprint density at radius 1 is 1.21 bits per heavy atom. The molecule has 4 N–H and O–H groups in total. The molecule has 34 heavy (non-hydrogen) atoms. The number of aromatic carboxylic acids is 1. The third-order valence-corrected chi connectivity index (χ3v) is 5.14. The van der Waals surface area contributed by atoms with Crippen molar-refractivity contribution in [1.29, 1.82) is 0 Å². The second kappa shape index (κ2) is 9.69. The van der Waals surface area contributed by atoms with Crippen LogP contribution in [-0.4, -0.2) is 36.8 Å². The van der Waals surface area contributed by atoms with Crippen molar-refractivity contribution >= 4 is 46.3 Å². The molecule has 13 heteroatoms. The number of anilines is 1. The van der Waals surface area contributed by atoms with Gasteiger partial charge < -0.3 is 15.5 Å². The van der Waals surface area contributed by atoms with Crippen LogP contribution in [0.25, 0.3) is 11.3 Å². The summed E-state index contributed by atoms with van der Waals surface area (Å²) in [6.07, 6.45) is -4.47. The number of carboxylic acid groups (broad SMARTS) is 1. The number of nitrogens with one attached hydrogen (secondary N) is 2. The maximum absolute atomic E-state index is 12.8. The SMILES string of the molecule is CC(=NNC(=S)Nc1ccc(C(=O)O)c(Cl)c1)c1nn(C)c(-c2ccc(C(F)(F)F)cc2)c1O. The molecular formula is C21H17ClF3N5O3S. The number of hydrogen-bond donors (Lipinski definition) is 4. The van der Waals surface area contributed by atoms with E-state index >= 15 is 0 Å². The average Bonchev–Trinajstić information content (AvgIpc) is 3.05. The number of rotatable bonds is 5. The third kappa shape index (κ3) is 5.46. The van der Waals surface area contributed by atoms with Crippen LogP contribution in [0.4, 0.5) is 18.9 Å². The summed E-state index contributed by atoms with van der Waals surface area (Å²) in [5.41, 5.74) is 3.02. The Labute approximate surface area is 201 Å². The van der Waals surface area contributed by atoms with Crippen LogP contribution >= 0.6 is 23.8 Å². The van der Waals surface area contributed by atoms with Crippen molar-refractivity contribution in [3.63, 3.8) is 0 Å². The van der Waals surface area contributed by atoms with Crippen LogP contribution < -0.4 is 10.7 Å².